The average Bonchev–Trinajstić information content (AvgIpc) is 1.27. The zero-order chi connectivity index (χ0) is 7.21. The van der Waals surface area contributed by atoms with Crippen LogP contribution in [-0.4, -0.2) is 13.0 Å². The summed E-state index contributed by atoms with van der Waals surface area (Å²) in [5.74, 6) is 0. The molecule has 0 aromatic carbocycles. The first-order chi connectivity index (χ1) is 3.41. The zero-order valence-corrected chi connectivity index (χ0v) is 8.02. The molecule has 52 valence electrons. The molecule has 0 atom stereocenters. The van der Waals surface area contributed by atoms with Crippen LogP contribution in [0.4, 0.5) is 0 Å². The third-order valence-electron chi connectivity index (χ3n) is 0. The van der Waals surface area contributed by atoms with Crippen molar-refractivity contribution in [2.45, 2.75) is 0 Å². The van der Waals surface area contributed by atoms with Crippen LogP contribution in [0, 0.1) is 11.3 Å². The number of nitrogens with two attached hydrogens (primary N) is 1. The molecule has 9 heteroatoms. The van der Waals surface area contributed by atoms with Gasteiger partial charge in [0.05, 0.1) is 11.3 Å². The van der Waals surface area contributed by atoms with Crippen LogP contribution in [0.3, 0.4) is 0 Å². The molecule has 0 aliphatic carbocycles. The number of hydrogen-bond acceptors (Lipinski definition) is 4. The van der Waals surface area contributed by atoms with E-state index in [1.165, 1.54) is 0 Å². The first-order valence-corrected chi connectivity index (χ1v) is 3.18. The van der Waals surface area contributed by atoms with Gasteiger partial charge in [0.25, 0.3) is 0 Å². The van der Waals surface area contributed by atoms with Crippen LogP contribution in [0.5, 0.6) is 0 Å². The van der Waals surface area contributed by atoms with E-state index in [2.05, 4.69) is 5.14 Å². The van der Waals surface area contributed by atoms with Gasteiger partial charge in [-0.3, -0.25) is 4.55 Å². The molecule has 0 fully saturated rings. The molecular weight excluding hydrogens is 185 g/mol. The van der Waals surface area contributed by atoms with Crippen LogP contribution in [0.2, 0.25) is 0 Å². The second-order valence-corrected chi connectivity index (χ2v) is 1.73. The SMILES string of the molecule is NS(=O)(=O)O.[Na+].[O-][Cl+][O-]. The molecule has 6 nitrogen and oxygen atoms in total. The van der Waals surface area contributed by atoms with Gasteiger partial charge < -0.3 is 9.32 Å². The first-order valence-electron chi connectivity index (χ1n) is 1.06. The van der Waals surface area contributed by atoms with E-state index in [1.54, 1.807) is 0 Å². The minimum absolute atomic E-state index is 0. The van der Waals surface area contributed by atoms with Crippen LogP contribution >= 0.6 is 0 Å². The Morgan fingerprint density at radius 1 is 1.44 bits per heavy atom. The Labute approximate surface area is 78.3 Å². The van der Waals surface area contributed by atoms with E-state index >= 15 is 0 Å². The van der Waals surface area contributed by atoms with Gasteiger partial charge in [-0.25, -0.2) is 5.14 Å². The topological polar surface area (TPSA) is 127 Å². The summed E-state index contributed by atoms with van der Waals surface area (Å²) in [5, 5.41) is 3.88. The van der Waals surface area contributed by atoms with E-state index in [9.17, 15) is 0 Å². The van der Waals surface area contributed by atoms with E-state index in [4.69, 9.17) is 22.3 Å². The monoisotopic (exact) mass is 187 g/mol. The standard InChI is InChI=1S/ClO2.H3NO3S.Na/c2-1-3;1-5(2,3)4;/h;(H3,1,2,3,4);/q-1;;+1. The van der Waals surface area contributed by atoms with Crippen molar-refractivity contribution < 1.29 is 63.2 Å². The Balaban J connectivity index is -0.0000000800. The molecule has 0 bridgehead atoms. The Hall–Kier alpha value is 1.08. The molecule has 3 N–H and O–H groups in total. The summed E-state index contributed by atoms with van der Waals surface area (Å²) in [5.41, 5.74) is 0. The Kier molecular flexibility index (Phi) is 16.7. The predicted octanol–water partition coefficient (Wildman–Crippen LogP) is -6.63. The second kappa shape index (κ2) is 9.08. The smallest absolute Gasteiger partial charge is 0.544 e. The van der Waals surface area contributed by atoms with Crippen LogP contribution < -0.4 is 44.0 Å². The maximum absolute atomic E-state index is 8.97. The summed E-state index contributed by atoms with van der Waals surface area (Å²) in [6.07, 6.45) is 0. The van der Waals surface area contributed by atoms with Crippen molar-refractivity contribution >= 4 is 10.3 Å². The van der Waals surface area contributed by atoms with Gasteiger partial charge in [-0.05, 0) is 0 Å². The van der Waals surface area contributed by atoms with Crippen molar-refractivity contribution in [1.29, 1.82) is 0 Å². The van der Waals surface area contributed by atoms with Gasteiger partial charge in [0.1, 0.15) is 0 Å². The summed E-state index contributed by atoms with van der Waals surface area (Å²) in [7, 11) is -4.17. The molecular formula is H3ClNNaO5S. The Morgan fingerprint density at radius 3 is 1.44 bits per heavy atom. The van der Waals surface area contributed by atoms with E-state index in [1.807, 2.05) is 0 Å². The average molecular weight is 188 g/mol. The molecule has 0 heterocycles. The van der Waals surface area contributed by atoms with Crippen molar-refractivity contribution in [1.82, 2.24) is 0 Å². The molecule has 0 spiro atoms. The van der Waals surface area contributed by atoms with Crippen molar-refractivity contribution in [3.8, 4) is 0 Å². The fourth-order valence-electron chi connectivity index (χ4n) is 0. The molecule has 0 saturated carbocycles. The molecule has 0 aliphatic heterocycles. The van der Waals surface area contributed by atoms with Gasteiger partial charge in [-0.2, -0.15) is 8.42 Å². The van der Waals surface area contributed by atoms with Crippen LogP contribution in [0.15, 0.2) is 0 Å². The van der Waals surface area contributed by atoms with Crippen LogP contribution in [-0.2, 0) is 10.3 Å². The normalized spacial score (nSPS) is 8.44. The molecule has 9 heavy (non-hydrogen) atoms. The first kappa shape index (κ1) is 16.6. The third-order valence-corrected chi connectivity index (χ3v) is 0. The quantitative estimate of drug-likeness (QED) is 0.288. The van der Waals surface area contributed by atoms with Gasteiger partial charge in [0.2, 0.25) is 0 Å². The molecule has 0 aromatic heterocycles. The van der Waals surface area contributed by atoms with Crippen molar-refractivity contribution in [2.75, 3.05) is 0 Å². The van der Waals surface area contributed by atoms with Crippen molar-refractivity contribution in [3.63, 3.8) is 0 Å². The van der Waals surface area contributed by atoms with Gasteiger partial charge >= 0.3 is 39.9 Å². The fourth-order valence-corrected chi connectivity index (χ4v) is 0. The fraction of sp³-hybridized carbons (Fsp3) is 0. The van der Waals surface area contributed by atoms with Gasteiger partial charge in [0.15, 0.2) is 0 Å². The maximum atomic E-state index is 8.97. The Bertz CT molecular complexity index is 111. The van der Waals surface area contributed by atoms with E-state index < -0.39 is 21.6 Å². The Morgan fingerprint density at radius 2 is 1.44 bits per heavy atom. The van der Waals surface area contributed by atoms with Crippen molar-refractivity contribution in [3.05, 3.63) is 0 Å². The molecule has 0 saturated heterocycles. The minimum Gasteiger partial charge on any atom is -0.544 e. The molecule has 0 unspecified atom stereocenters. The molecule has 0 aromatic rings. The summed E-state index contributed by atoms with van der Waals surface area (Å²) in [4.78, 5) is 0. The summed E-state index contributed by atoms with van der Waals surface area (Å²) in [6.45, 7) is 0. The predicted molar refractivity (Wildman–Crippen MR) is 15.7 cm³/mol. The molecule has 0 rings (SSSR count). The second-order valence-electron chi connectivity index (χ2n) is 0.578. The number of rotatable bonds is 0. The summed E-state index contributed by atoms with van der Waals surface area (Å²) >= 11 is -0.417. The van der Waals surface area contributed by atoms with Crippen LogP contribution in [0.1, 0.15) is 0 Å². The molecule has 0 amide bonds. The molecule has 0 radical (unpaired) electrons. The number of hydrogen-bond donors (Lipinski definition) is 2. The van der Waals surface area contributed by atoms with Gasteiger partial charge in [0, 0.05) is 0 Å². The molecule has 0 aliphatic rings. The van der Waals surface area contributed by atoms with Gasteiger partial charge in [-0.1, -0.05) is 0 Å². The summed E-state index contributed by atoms with van der Waals surface area (Å²) < 4.78 is 41.7. The number of halogens is 1. The minimum atomic E-state index is -4.17. The van der Waals surface area contributed by atoms with E-state index in [0.717, 1.165) is 0 Å². The maximum Gasteiger partial charge on any atom is 1.00 e. The largest absolute Gasteiger partial charge is 1.00 e. The van der Waals surface area contributed by atoms with Crippen molar-refractivity contribution in [2.24, 2.45) is 5.14 Å². The van der Waals surface area contributed by atoms with Crippen LogP contribution in [0.25, 0.3) is 0 Å². The summed E-state index contributed by atoms with van der Waals surface area (Å²) in [6, 6.07) is 0. The van der Waals surface area contributed by atoms with E-state index in [0.29, 0.717) is 0 Å². The van der Waals surface area contributed by atoms with Gasteiger partial charge in [-0.15, -0.1) is 0 Å². The van der Waals surface area contributed by atoms with E-state index in [-0.39, 0.29) is 29.6 Å². The zero-order valence-electron chi connectivity index (χ0n) is 4.44. The third kappa shape index (κ3) is 390.